The normalized spacial score (nSPS) is 11.2. The summed E-state index contributed by atoms with van der Waals surface area (Å²) in [6.07, 6.45) is 9.09. The maximum atomic E-state index is 14.8. The van der Waals surface area contributed by atoms with Gasteiger partial charge >= 0.3 is 0 Å². The van der Waals surface area contributed by atoms with E-state index in [1.165, 1.54) is 0 Å². The highest BCUT2D eigenvalue weighted by atomic mass is 19.1. The summed E-state index contributed by atoms with van der Waals surface area (Å²) >= 11 is 0. The third kappa shape index (κ3) is 4.73. The van der Waals surface area contributed by atoms with Crippen LogP contribution in [0.3, 0.4) is 0 Å². The van der Waals surface area contributed by atoms with E-state index in [-0.39, 0.29) is 23.0 Å². The first kappa shape index (κ1) is 22.1. The molecule has 0 aliphatic carbocycles. The van der Waals surface area contributed by atoms with E-state index in [0.717, 1.165) is 24.3 Å². The number of aromatic nitrogens is 7. The Hall–Kier alpha value is -4.10. The summed E-state index contributed by atoms with van der Waals surface area (Å²) in [6, 6.07) is 7.35. The van der Waals surface area contributed by atoms with Gasteiger partial charge in [0.25, 0.3) is 0 Å². The summed E-state index contributed by atoms with van der Waals surface area (Å²) in [7, 11) is 4.03. The van der Waals surface area contributed by atoms with Crippen molar-refractivity contribution in [2.24, 2.45) is 0 Å². The Balaban J connectivity index is 1.61. The fraction of sp³-hybridized carbons (Fsp3) is 0.261. The van der Waals surface area contributed by atoms with Crippen molar-refractivity contribution in [3.05, 3.63) is 59.3 Å². The first-order valence-corrected chi connectivity index (χ1v) is 10.3. The Kier molecular flexibility index (Phi) is 6.15. The van der Waals surface area contributed by atoms with Gasteiger partial charge in [-0.25, -0.2) is 19.0 Å². The smallest absolute Gasteiger partial charge is 0.193 e. The minimum atomic E-state index is -0.746. The molecule has 0 amide bonds. The van der Waals surface area contributed by atoms with Crippen LogP contribution in [0.1, 0.15) is 16.8 Å². The van der Waals surface area contributed by atoms with Crippen molar-refractivity contribution in [1.82, 2.24) is 39.6 Å². The number of nitrogen functional groups attached to an aromatic ring is 1. The lowest BCUT2D eigenvalue weighted by Crippen LogP contribution is -2.18. The largest absolute Gasteiger partial charge is 0.381 e. The Morgan fingerprint density at radius 3 is 2.76 bits per heavy atom. The van der Waals surface area contributed by atoms with Gasteiger partial charge in [0.15, 0.2) is 17.5 Å². The molecule has 4 rings (SSSR count). The molecule has 168 valence electrons. The van der Waals surface area contributed by atoms with Gasteiger partial charge in [0.05, 0.1) is 25.0 Å². The third-order valence-electron chi connectivity index (χ3n) is 5.18. The third-order valence-corrected chi connectivity index (χ3v) is 5.18. The van der Waals surface area contributed by atoms with E-state index in [4.69, 9.17) is 12.2 Å². The summed E-state index contributed by atoms with van der Waals surface area (Å²) in [5, 5.41) is 12.7. The van der Waals surface area contributed by atoms with Crippen molar-refractivity contribution < 1.29 is 4.39 Å². The van der Waals surface area contributed by atoms with E-state index in [9.17, 15) is 4.39 Å². The zero-order valence-corrected chi connectivity index (χ0v) is 18.7. The highest BCUT2D eigenvalue weighted by Crippen LogP contribution is 2.28. The molecule has 2 N–H and O–H groups in total. The van der Waals surface area contributed by atoms with Crippen molar-refractivity contribution in [3.63, 3.8) is 0 Å². The number of rotatable bonds is 7. The van der Waals surface area contributed by atoms with Gasteiger partial charge in [-0.2, -0.15) is 5.10 Å². The van der Waals surface area contributed by atoms with Crippen LogP contribution in [0.4, 0.5) is 10.2 Å². The number of nitrogens with zero attached hydrogens (tertiary/aromatic N) is 8. The number of benzene rings is 1. The Labute approximate surface area is 191 Å². The van der Waals surface area contributed by atoms with Gasteiger partial charge < -0.3 is 10.6 Å². The molecular formula is C23H24FN9. The lowest BCUT2D eigenvalue weighted by atomic mass is 10.0. The summed E-state index contributed by atoms with van der Waals surface area (Å²) in [4.78, 5) is 10.6. The molecule has 0 aliphatic heterocycles. The lowest BCUT2D eigenvalue weighted by Gasteiger charge is -2.09. The highest BCUT2D eigenvalue weighted by Gasteiger charge is 2.19. The topological polar surface area (TPSA) is 104 Å². The number of hydrogen-bond acceptors (Lipinski definition) is 7. The van der Waals surface area contributed by atoms with Crippen LogP contribution < -0.4 is 5.73 Å². The van der Waals surface area contributed by atoms with Crippen molar-refractivity contribution in [2.75, 3.05) is 26.4 Å². The van der Waals surface area contributed by atoms with Gasteiger partial charge in [-0.3, -0.25) is 4.68 Å². The molecule has 33 heavy (non-hydrogen) atoms. The molecule has 0 aliphatic rings. The molecule has 9 nitrogen and oxygen atoms in total. The second-order valence-electron chi connectivity index (χ2n) is 7.89. The zero-order valence-electron chi connectivity index (χ0n) is 18.7. The molecule has 0 saturated carbocycles. The van der Waals surface area contributed by atoms with Crippen LogP contribution in [0.15, 0.2) is 36.7 Å². The molecular weight excluding hydrogens is 421 g/mol. The number of hydrogen-bond donors (Lipinski definition) is 1. The summed E-state index contributed by atoms with van der Waals surface area (Å²) in [6.45, 7) is 3.92. The number of halogens is 1. The van der Waals surface area contributed by atoms with Crippen LogP contribution in [0.25, 0.3) is 22.8 Å². The molecule has 0 bridgehead atoms. The maximum Gasteiger partial charge on any atom is 0.193 e. The van der Waals surface area contributed by atoms with E-state index in [0.29, 0.717) is 17.7 Å². The lowest BCUT2D eigenvalue weighted by molar-refractivity contribution is 0.372. The van der Waals surface area contributed by atoms with Crippen LogP contribution in [-0.2, 0) is 13.1 Å². The van der Waals surface area contributed by atoms with E-state index >= 15 is 0 Å². The zero-order chi connectivity index (χ0) is 23.5. The number of likely N-dealkylation sites (N-methyl/N-ethyl adjacent to an activating group) is 1. The molecule has 0 atom stereocenters. The molecule has 0 unspecified atom stereocenters. The van der Waals surface area contributed by atoms with Crippen LogP contribution in [0.5, 0.6) is 0 Å². The number of terminal acetylenes is 1. The quantitative estimate of drug-likeness (QED) is 0.435. The Morgan fingerprint density at radius 1 is 1.18 bits per heavy atom. The first-order chi connectivity index (χ1) is 15.9. The summed E-state index contributed by atoms with van der Waals surface area (Å²) in [5.41, 5.74) is 9.10. The molecule has 1 aromatic carbocycles. The van der Waals surface area contributed by atoms with Gasteiger partial charge in [-0.05, 0) is 38.7 Å². The molecule has 0 saturated heterocycles. The standard InChI is InChI=1S/C23H24FN9/c1-5-16-7-6-8-18(15(16)2)23-26-21(20(24)22(25)27-23)19-14-33(30-28-19)13-17-9-10-32(29-17)12-11-31(3)4/h1,6-10,14H,11-13H2,2-4H3,(H2,25,26,27). The van der Waals surface area contributed by atoms with E-state index < -0.39 is 5.82 Å². The van der Waals surface area contributed by atoms with E-state index in [1.54, 1.807) is 16.9 Å². The SMILES string of the molecule is C#Cc1cccc(-c2nc(N)c(F)c(-c3cn(Cc4ccn(CCN(C)C)n4)nn3)n2)c1C. The van der Waals surface area contributed by atoms with Crippen molar-refractivity contribution >= 4 is 5.82 Å². The summed E-state index contributed by atoms with van der Waals surface area (Å²) < 4.78 is 18.3. The Morgan fingerprint density at radius 2 is 2.00 bits per heavy atom. The second kappa shape index (κ2) is 9.18. The minimum absolute atomic E-state index is 0.0224. The fourth-order valence-electron chi connectivity index (χ4n) is 3.35. The fourth-order valence-corrected chi connectivity index (χ4v) is 3.35. The Bertz CT molecular complexity index is 1330. The monoisotopic (exact) mass is 445 g/mol. The van der Waals surface area contributed by atoms with Crippen LogP contribution in [0.2, 0.25) is 0 Å². The highest BCUT2D eigenvalue weighted by molar-refractivity contribution is 5.69. The second-order valence-corrected chi connectivity index (χ2v) is 7.89. The molecule has 3 aromatic heterocycles. The maximum absolute atomic E-state index is 14.8. The van der Waals surface area contributed by atoms with Crippen LogP contribution in [-0.4, -0.2) is 60.3 Å². The van der Waals surface area contributed by atoms with Crippen molar-refractivity contribution in [1.29, 1.82) is 0 Å². The first-order valence-electron chi connectivity index (χ1n) is 10.3. The molecule has 0 radical (unpaired) electrons. The van der Waals surface area contributed by atoms with Crippen LogP contribution >= 0.6 is 0 Å². The average molecular weight is 446 g/mol. The van der Waals surface area contributed by atoms with Gasteiger partial charge in [-0.15, -0.1) is 11.5 Å². The molecule has 10 heteroatoms. The van der Waals surface area contributed by atoms with Gasteiger partial charge in [0.1, 0.15) is 11.4 Å². The van der Waals surface area contributed by atoms with E-state index in [1.807, 2.05) is 50.1 Å². The number of nitrogens with two attached hydrogens (primary N) is 1. The van der Waals surface area contributed by atoms with Crippen LogP contribution in [0, 0.1) is 25.1 Å². The molecule has 0 spiro atoms. The average Bonchev–Trinajstić information content (AvgIpc) is 3.44. The minimum Gasteiger partial charge on any atom is -0.381 e. The predicted molar refractivity (Wildman–Crippen MR) is 123 cm³/mol. The van der Waals surface area contributed by atoms with Gasteiger partial charge in [0.2, 0.25) is 0 Å². The van der Waals surface area contributed by atoms with E-state index in [2.05, 4.69) is 36.2 Å². The number of anilines is 1. The van der Waals surface area contributed by atoms with Gasteiger partial charge in [-0.1, -0.05) is 23.3 Å². The van der Waals surface area contributed by atoms with Crippen molar-refractivity contribution in [3.8, 4) is 35.1 Å². The predicted octanol–water partition coefficient (Wildman–Crippen LogP) is 2.22. The molecule has 3 heterocycles. The molecule has 0 fully saturated rings. The van der Waals surface area contributed by atoms with Gasteiger partial charge in [0, 0.05) is 23.9 Å². The summed E-state index contributed by atoms with van der Waals surface area (Å²) in [5.74, 6) is 1.88. The van der Waals surface area contributed by atoms with Crippen molar-refractivity contribution in [2.45, 2.75) is 20.0 Å². The molecule has 4 aromatic rings.